The molecular formula is C27H37F2N6O7P. The van der Waals surface area contributed by atoms with E-state index in [4.69, 9.17) is 5.73 Å². The number of aromatic amines is 1. The molecule has 13 nitrogen and oxygen atoms in total. The van der Waals surface area contributed by atoms with Crippen LogP contribution in [-0.4, -0.2) is 94.7 Å². The maximum Gasteiger partial charge on any atom is 0.401 e. The molecule has 2 saturated heterocycles. The van der Waals surface area contributed by atoms with Crippen LogP contribution in [0, 0.1) is 0 Å². The number of hydrogen-bond donors (Lipinski definition) is 5. The van der Waals surface area contributed by atoms with Gasteiger partial charge in [-0.05, 0) is 64.4 Å². The lowest BCUT2D eigenvalue weighted by molar-refractivity contribution is -0.143. The van der Waals surface area contributed by atoms with Gasteiger partial charge in [-0.25, -0.2) is 0 Å². The number of carbonyl (C=O) groups is 4. The Morgan fingerprint density at radius 2 is 1.98 bits per heavy atom. The van der Waals surface area contributed by atoms with Crippen molar-refractivity contribution >= 4 is 42.1 Å². The van der Waals surface area contributed by atoms with E-state index in [1.54, 1.807) is 4.90 Å². The van der Waals surface area contributed by atoms with Crippen LogP contribution in [-0.2, 0) is 29.1 Å². The second-order valence-electron chi connectivity index (χ2n) is 10.9. The lowest BCUT2D eigenvalue weighted by Gasteiger charge is -2.37. The predicted molar refractivity (Wildman–Crippen MR) is 152 cm³/mol. The standard InChI is InChI=1S/C27H37F2N6O7P/c1-3-42-43(40,41)27(28,29)17-6-8-19-16(13-17)14-20(32-19)24(37)33-21-15-34(2)12-10-18-7-9-22(35(18)26(21)39)25(38)31-11-4-5-23(30)36/h6,8,13-14,18,21-22,32H,3-5,7,9-12,15H2,1-2H3,(H2,30,36)(H,31,38)(H,33,37)(H,40,41)/t18-,21+,22+/m1/s1. The number of H-pyrrole nitrogens is 1. The Labute approximate surface area is 247 Å². The molecule has 4 amide bonds. The molecule has 16 heteroatoms. The molecule has 236 valence electrons. The lowest BCUT2D eigenvalue weighted by Crippen LogP contribution is -2.60. The minimum absolute atomic E-state index is 0.00770. The number of nitrogens with one attached hydrogen (secondary N) is 3. The first kappa shape index (κ1) is 32.5. The Morgan fingerprint density at radius 3 is 2.67 bits per heavy atom. The second-order valence-corrected chi connectivity index (χ2v) is 12.8. The average Bonchev–Trinajstić information content (AvgIpc) is 3.56. The Kier molecular flexibility index (Phi) is 9.90. The summed E-state index contributed by atoms with van der Waals surface area (Å²) in [6, 6.07) is 2.64. The molecule has 2 aliphatic rings. The molecule has 0 bridgehead atoms. The van der Waals surface area contributed by atoms with E-state index in [1.807, 2.05) is 11.9 Å². The zero-order valence-corrected chi connectivity index (χ0v) is 24.9. The van der Waals surface area contributed by atoms with Gasteiger partial charge in [0.2, 0.25) is 17.7 Å². The molecule has 3 heterocycles. The molecule has 0 radical (unpaired) electrons. The van der Waals surface area contributed by atoms with Crippen LogP contribution >= 0.6 is 7.60 Å². The Hall–Kier alpha value is -3.39. The number of hydrogen-bond acceptors (Lipinski definition) is 7. The molecule has 43 heavy (non-hydrogen) atoms. The molecule has 4 rings (SSSR count). The van der Waals surface area contributed by atoms with Crippen LogP contribution in [0.2, 0.25) is 0 Å². The van der Waals surface area contributed by atoms with Crippen molar-refractivity contribution in [3.8, 4) is 0 Å². The predicted octanol–water partition coefficient (Wildman–Crippen LogP) is 1.61. The molecule has 6 N–H and O–H groups in total. The van der Waals surface area contributed by atoms with Crippen molar-refractivity contribution < 1.29 is 41.9 Å². The van der Waals surface area contributed by atoms with Gasteiger partial charge in [-0.2, -0.15) is 8.78 Å². The Morgan fingerprint density at radius 1 is 1.23 bits per heavy atom. The molecule has 4 atom stereocenters. The molecule has 2 aromatic rings. The zero-order valence-electron chi connectivity index (χ0n) is 24.0. The van der Waals surface area contributed by atoms with Crippen molar-refractivity contribution in [3.63, 3.8) is 0 Å². The highest BCUT2D eigenvalue weighted by Crippen LogP contribution is 2.63. The summed E-state index contributed by atoms with van der Waals surface area (Å²) in [5.74, 6) is -1.88. The van der Waals surface area contributed by atoms with Crippen molar-refractivity contribution in [2.75, 3.05) is 33.3 Å². The molecule has 1 unspecified atom stereocenters. The second kappa shape index (κ2) is 13.1. The van der Waals surface area contributed by atoms with Gasteiger partial charge >= 0.3 is 13.3 Å². The largest absolute Gasteiger partial charge is 0.401 e. The normalized spacial score (nSPS) is 22.9. The van der Waals surface area contributed by atoms with Crippen LogP contribution in [0.15, 0.2) is 24.3 Å². The average molecular weight is 627 g/mol. The van der Waals surface area contributed by atoms with Crippen LogP contribution in [0.25, 0.3) is 10.9 Å². The summed E-state index contributed by atoms with van der Waals surface area (Å²) in [5.41, 5.74) is 0.538. The number of nitrogens with zero attached hydrogens (tertiary/aromatic N) is 2. The van der Waals surface area contributed by atoms with Gasteiger partial charge in [0, 0.05) is 42.0 Å². The third kappa shape index (κ3) is 7.06. The number of amides is 4. The number of carbonyl (C=O) groups excluding carboxylic acids is 4. The molecule has 2 fully saturated rings. The van der Waals surface area contributed by atoms with Crippen LogP contribution in [0.5, 0.6) is 0 Å². The maximum absolute atomic E-state index is 14.8. The summed E-state index contributed by atoms with van der Waals surface area (Å²) in [6.07, 6.45) is 2.25. The number of benzene rings is 1. The zero-order chi connectivity index (χ0) is 31.5. The fraction of sp³-hybridized carbons (Fsp3) is 0.556. The van der Waals surface area contributed by atoms with Crippen molar-refractivity contribution in [2.45, 2.75) is 62.8 Å². The maximum atomic E-state index is 14.8. The first-order valence-electron chi connectivity index (χ1n) is 14.1. The molecule has 1 aromatic carbocycles. The SMILES string of the molecule is CCOP(=O)(O)C(F)(F)c1ccc2[nH]c(C(=O)N[C@H]3CN(C)CC[C@H]4CC[C@@H](C(=O)NCCCC(N)=O)N4C3=O)cc2c1. The highest BCUT2D eigenvalue weighted by molar-refractivity contribution is 7.53. The van der Waals surface area contributed by atoms with Gasteiger partial charge in [-0.3, -0.25) is 23.7 Å². The minimum Gasteiger partial charge on any atom is -0.370 e. The smallest absolute Gasteiger partial charge is 0.370 e. The monoisotopic (exact) mass is 626 g/mol. The van der Waals surface area contributed by atoms with Gasteiger partial charge in [0.1, 0.15) is 17.8 Å². The van der Waals surface area contributed by atoms with Crippen molar-refractivity contribution in [1.82, 2.24) is 25.4 Å². The van der Waals surface area contributed by atoms with E-state index in [2.05, 4.69) is 20.1 Å². The number of alkyl halides is 2. The van der Waals surface area contributed by atoms with E-state index in [-0.39, 0.29) is 49.1 Å². The fourth-order valence-corrected chi connectivity index (χ4v) is 6.56. The van der Waals surface area contributed by atoms with Gasteiger partial charge in [0.05, 0.1) is 6.61 Å². The molecule has 0 saturated carbocycles. The van der Waals surface area contributed by atoms with E-state index in [1.165, 1.54) is 19.1 Å². The quantitative estimate of drug-likeness (QED) is 0.184. The van der Waals surface area contributed by atoms with Crippen molar-refractivity contribution in [1.29, 1.82) is 0 Å². The molecule has 0 aliphatic carbocycles. The van der Waals surface area contributed by atoms with Gasteiger partial charge < -0.3 is 40.6 Å². The van der Waals surface area contributed by atoms with Crippen molar-refractivity contribution in [2.24, 2.45) is 5.73 Å². The summed E-state index contributed by atoms with van der Waals surface area (Å²) < 4.78 is 46.0. The van der Waals surface area contributed by atoms with E-state index in [9.17, 15) is 37.4 Å². The van der Waals surface area contributed by atoms with Crippen LogP contribution in [0.4, 0.5) is 8.78 Å². The topological polar surface area (TPSA) is 187 Å². The van der Waals surface area contributed by atoms with Crippen LogP contribution in [0.1, 0.15) is 55.1 Å². The lowest BCUT2D eigenvalue weighted by atomic mass is 10.1. The van der Waals surface area contributed by atoms with Crippen LogP contribution < -0.4 is 16.4 Å². The van der Waals surface area contributed by atoms with Gasteiger partial charge in [-0.1, -0.05) is 6.07 Å². The summed E-state index contributed by atoms with van der Waals surface area (Å²) in [6.45, 7) is 2.00. The Balaban J connectivity index is 1.51. The van der Waals surface area contributed by atoms with Gasteiger partial charge in [0.25, 0.3) is 5.91 Å². The fourth-order valence-electron chi connectivity index (χ4n) is 5.58. The van der Waals surface area contributed by atoms with E-state index < -0.39 is 48.6 Å². The van der Waals surface area contributed by atoms with Crippen LogP contribution in [0.3, 0.4) is 0 Å². The summed E-state index contributed by atoms with van der Waals surface area (Å²) in [7, 11) is -3.48. The highest BCUT2D eigenvalue weighted by Gasteiger charge is 2.52. The highest BCUT2D eigenvalue weighted by atomic mass is 31.2. The number of aromatic nitrogens is 1. The third-order valence-corrected chi connectivity index (χ3v) is 9.35. The summed E-state index contributed by atoms with van der Waals surface area (Å²) in [4.78, 5) is 67.1. The number of primary amides is 1. The molecular weight excluding hydrogens is 589 g/mol. The molecule has 2 aliphatic heterocycles. The van der Waals surface area contributed by atoms with Gasteiger partial charge in [-0.15, -0.1) is 0 Å². The number of nitrogens with two attached hydrogens (primary N) is 1. The van der Waals surface area contributed by atoms with E-state index in [0.717, 1.165) is 12.1 Å². The Bertz CT molecular complexity index is 1440. The summed E-state index contributed by atoms with van der Waals surface area (Å²) in [5, 5.41) is 5.68. The molecule has 0 spiro atoms. The van der Waals surface area contributed by atoms with Crippen molar-refractivity contribution in [3.05, 3.63) is 35.5 Å². The number of halogens is 2. The number of likely N-dealkylation sites (N-methyl/N-ethyl adjacent to an activating group) is 1. The van der Waals surface area contributed by atoms with E-state index in [0.29, 0.717) is 37.7 Å². The number of fused-ring (bicyclic) bond motifs is 2. The third-order valence-electron chi connectivity index (χ3n) is 7.77. The minimum atomic E-state index is -5.30. The van der Waals surface area contributed by atoms with E-state index >= 15 is 0 Å². The first-order valence-corrected chi connectivity index (χ1v) is 15.7. The summed E-state index contributed by atoms with van der Waals surface area (Å²) >= 11 is 0. The number of rotatable bonds is 11. The first-order chi connectivity index (χ1) is 20.2. The van der Waals surface area contributed by atoms with Gasteiger partial charge in [0.15, 0.2) is 0 Å². The molecule has 1 aromatic heterocycles.